The van der Waals surface area contributed by atoms with Crippen LogP contribution in [0.2, 0.25) is 0 Å². The van der Waals surface area contributed by atoms with Gasteiger partial charge in [-0.15, -0.1) is 0 Å². The Bertz CT molecular complexity index is 1410. The standard InChI is InChI=1S/C57H98NO8P/c1-3-5-7-9-11-13-15-17-19-21-23-25-27-29-31-33-35-37-39-41-43-45-47-49-56(59)63-53-55(54-65-67(61,62)64-52-51-58)66-57(60)50-48-46-44-42-40-38-36-34-32-30-28-26-24-22-20-18-16-14-12-10-8-6-4-2/h6,8,12,14-15,17-18,20-21,23-24,26-27,29-30,32,55H,3-5,7,9-11,13,16,19,22,25,28,31,33-54,58H2,1-2H3,(H,61,62)/b8-6-,14-12-,17-15-,20-18-,23-21-,26-24-,29-27-,32-30-. The highest BCUT2D eigenvalue weighted by atomic mass is 31.2. The quantitative estimate of drug-likeness (QED) is 0.0264. The Morgan fingerprint density at radius 3 is 1.22 bits per heavy atom. The molecule has 0 aliphatic heterocycles. The molecule has 0 aromatic heterocycles. The van der Waals surface area contributed by atoms with E-state index in [0.29, 0.717) is 6.42 Å². The molecule has 3 N–H and O–H groups in total. The van der Waals surface area contributed by atoms with Crippen LogP contribution in [0.25, 0.3) is 0 Å². The lowest BCUT2D eigenvalue weighted by molar-refractivity contribution is -0.161. The van der Waals surface area contributed by atoms with Gasteiger partial charge in [-0.3, -0.25) is 18.6 Å². The maximum atomic E-state index is 12.7. The third-order valence-electron chi connectivity index (χ3n) is 11.0. The van der Waals surface area contributed by atoms with Gasteiger partial charge in [0.1, 0.15) is 6.61 Å². The lowest BCUT2D eigenvalue weighted by Gasteiger charge is -2.19. The van der Waals surface area contributed by atoms with Crippen molar-refractivity contribution in [2.75, 3.05) is 26.4 Å². The molecule has 67 heavy (non-hydrogen) atoms. The zero-order chi connectivity index (χ0) is 48.8. The first-order chi connectivity index (χ1) is 32.8. The Labute approximate surface area is 410 Å². The van der Waals surface area contributed by atoms with Crippen molar-refractivity contribution in [2.24, 2.45) is 5.73 Å². The van der Waals surface area contributed by atoms with Crippen molar-refractivity contribution >= 4 is 19.8 Å². The molecule has 9 nitrogen and oxygen atoms in total. The fourth-order valence-corrected chi connectivity index (χ4v) is 7.79. The van der Waals surface area contributed by atoms with Gasteiger partial charge in [-0.1, -0.05) is 207 Å². The molecule has 0 bridgehead atoms. The van der Waals surface area contributed by atoms with Crippen molar-refractivity contribution in [3.63, 3.8) is 0 Å². The maximum absolute atomic E-state index is 12.7. The van der Waals surface area contributed by atoms with Gasteiger partial charge in [0.05, 0.1) is 13.2 Å². The molecular weight excluding hydrogens is 858 g/mol. The number of allylic oxidation sites excluding steroid dienone is 16. The molecule has 0 rings (SSSR count). The molecule has 0 radical (unpaired) electrons. The van der Waals surface area contributed by atoms with Crippen molar-refractivity contribution in [3.05, 3.63) is 97.2 Å². The number of esters is 2. The fourth-order valence-electron chi connectivity index (χ4n) is 7.02. The van der Waals surface area contributed by atoms with E-state index in [1.807, 2.05) is 0 Å². The van der Waals surface area contributed by atoms with Crippen LogP contribution in [0.15, 0.2) is 97.2 Å². The second kappa shape index (κ2) is 52.3. The van der Waals surface area contributed by atoms with Gasteiger partial charge < -0.3 is 20.1 Å². The highest BCUT2D eigenvalue weighted by molar-refractivity contribution is 7.47. The van der Waals surface area contributed by atoms with Crippen LogP contribution in [0.1, 0.15) is 219 Å². The van der Waals surface area contributed by atoms with Crippen LogP contribution in [-0.2, 0) is 32.7 Å². The van der Waals surface area contributed by atoms with Gasteiger partial charge in [0.15, 0.2) is 6.10 Å². The van der Waals surface area contributed by atoms with Crippen LogP contribution in [0.5, 0.6) is 0 Å². The molecule has 0 amide bonds. The molecule has 0 aliphatic carbocycles. The molecular formula is C57H98NO8P. The Kier molecular flexibility index (Phi) is 49.9. The minimum atomic E-state index is -4.40. The summed E-state index contributed by atoms with van der Waals surface area (Å²) < 4.78 is 33.0. The number of unbranched alkanes of at least 4 members (excludes halogenated alkanes) is 20. The SMILES string of the molecule is CC/C=C\C/C=C\C/C=C\C/C=C\C/C=C\CCCCCCCCCC(=O)OC(COC(=O)CCCCCCCCCC/C=C\C/C=C\C/C=C\CCCCCCC)COP(=O)(O)OCCN. The predicted molar refractivity (Wildman–Crippen MR) is 284 cm³/mol. The summed E-state index contributed by atoms with van der Waals surface area (Å²) in [4.78, 5) is 35.1. The number of phosphoric ester groups is 1. The van der Waals surface area contributed by atoms with Gasteiger partial charge in [0.25, 0.3) is 0 Å². The Balaban J connectivity index is 4.10. The maximum Gasteiger partial charge on any atom is 0.472 e. The largest absolute Gasteiger partial charge is 0.472 e. The summed E-state index contributed by atoms with van der Waals surface area (Å²) >= 11 is 0. The summed E-state index contributed by atoms with van der Waals surface area (Å²) in [6, 6.07) is 0. The zero-order valence-electron chi connectivity index (χ0n) is 42.6. The van der Waals surface area contributed by atoms with Crippen LogP contribution in [0, 0.1) is 0 Å². The number of nitrogens with two attached hydrogens (primary N) is 1. The van der Waals surface area contributed by atoms with Crippen molar-refractivity contribution < 1.29 is 37.6 Å². The van der Waals surface area contributed by atoms with Gasteiger partial charge >= 0.3 is 19.8 Å². The monoisotopic (exact) mass is 956 g/mol. The Morgan fingerprint density at radius 2 is 0.821 bits per heavy atom. The molecule has 10 heteroatoms. The van der Waals surface area contributed by atoms with Crippen molar-refractivity contribution in [3.8, 4) is 0 Å². The molecule has 2 unspecified atom stereocenters. The third kappa shape index (κ3) is 52.2. The molecule has 2 atom stereocenters. The highest BCUT2D eigenvalue weighted by Crippen LogP contribution is 2.43. The fraction of sp³-hybridized carbons (Fsp3) is 0.684. The molecule has 0 aromatic carbocycles. The number of ether oxygens (including phenoxy) is 2. The second-order valence-corrected chi connectivity index (χ2v) is 18.8. The van der Waals surface area contributed by atoms with E-state index < -0.39 is 32.5 Å². The summed E-state index contributed by atoms with van der Waals surface area (Å²) in [5, 5.41) is 0. The van der Waals surface area contributed by atoms with Gasteiger partial charge in [-0.25, -0.2) is 4.57 Å². The molecule has 0 saturated carbocycles. The number of carbonyl (C=O) groups excluding carboxylic acids is 2. The lowest BCUT2D eigenvalue weighted by atomic mass is 10.1. The van der Waals surface area contributed by atoms with Gasteiger partial charge in [-0.2, -0.15) is 0 Å². The van der Waals surface area contributed by atoms with E-state index in [-0.39, 0.29) is 32.6 Å². The average Bonchev–Trinajstić information content (AvgIpc) is 3.32. The second-order valence-electron chi connectivity index (χ2n) is 17.4. The Hall–Kier alpha value is -3.07. The molecule has 0 heterocycles. The minimum Gasteiger partial charge on any atom is -0.462 e. The molecule has 0 saturated heterocycles. The van der Waals surface area contributed by atoms with E-state index in [0.717, 1.165) is 103 Å². The van der Waals surface area contributed by atoms with E-state index >= 15 is 0 Å². The first-order valence-corrected chi connectivity index (χ1v) is 28.2. The smallest absolute Gasteiger partial charge is 0.462 e. The van der Waals surface area contributed by atoms with E-state index in [9.17, 15) is 19.0 Å². The highest BCUT2D eigenvalue weighted by Gasteiger charge is 2.26. The van der Waals surface area contributed by atoms with Crippen LogP contribution in [0.4, 0.5) is 0 Å². The molecule has 0 aliphatic rings. The third-order valence-corrected chi connectivity index (χ3v) is 11.9. The zero-order valence-corrected chi connectivity index (χ0v) is 43.5. The normalized spacial score (nSPS) is 13.9. The summed E-state index contributed by atoms with van der Waals surface area (Å²) in [6.45, 7) is 3.59. The number of rotatable bonds is 49. The van der Waals surface area contributed by atoms with Crippen LogP contribution in [-0.4, -0.2) is 49.3 Å². The van der Waals surface area contributed by atoms with Gasteiger partial charge in [-0.05, 0) is 96.3 Å². The molecule has 0 fully saturated rings. The average molecular weight is 956 g/mol. The van der Waals surface area contributed by atoms with E-state index in [2.05, 4.69) is 111 Å². The van der Waals surface area contributed by atoms with E-state index in [1.54, 1.807) is 0 Å². The summed E-state index contributed by atoms with van der Waals surface area (Å²) in [6.07, 6.45) is 68.7. The van der Waals surface area contributed by atoms with Gasteiger partial charge in [0.2, 0.25) is 0 Å². The van der Waals surface area contributed by atoms with E-state index in [4.69, 9.17) is 24.3 Å². The number of carbonyl (C=O) groups is 2. The summed E-state index contributed by atoms with van der Waals surface area (Å²) in [5.74, 6) is -0.853. The molecule has 384 valence electrons. The molecule has 0 spiro atoms. The lowest BCUT2D eigenvalue weighted by Crippen LogP contribution is -2.29. The van der Waals surface area contributed by atoms with Crippen molar-refractivity contribution in [1.82, 2.24) is 0 Å². The van der Waals surface area contributed by atoms with Crippen molar-refractivity contribution in [1.29, 1.82) is 0 Å². The first kappa shape index (κ1) is 63.9. The number of hydrogen-bond acceptors (Lipinski definition) is 8. The predicted octanol–water partition coefficient (Wildman–Crippen LogP) is 16.5. The first-order valence-electron chi connectivity index (χ1n) is 26.7. The topological polar surface area (TPSA) is 134 Å². The summed E-state index contributed by atoms with van der Waals surface area (Å²) in [5.41, 5.74) is 5.37. The summed E-state index contributed by atoms with van der Waals surface area (Å²) in [7, 11) is -4.40. The molecule has 0 aromatic rings. The van der Waals surface area contributed by atoms with Crippen molar-refractivity contribution in [2.45, 2.75) is 225 Å². The number of phosphoric acid groups is 1. The minimum absolute atomic E-state index is 0.0451. The van der Waals surface area contributed by atoms with Gasteiger partial charge in [0, 0.05) is 19.4 Å². The van der Waals surface area contributed by atoms with Crippen LogP contribution in [0.3, 0.4) is 0 Å². The van der Waals surface area contributed by atoms with Crippen LogP contribution >= 0.6 is 7.82 Å². The number of hydrogen-bond donors (Lipinski definition) is 2. The van der Waals surface area contributed by atoms with Crippen LogP contribution < -0.4 is 5.73 Å². The Morgan fingerprint density at radius 1 is 0.463 bits per heavy atom. The van der Waals surface area contributed by atoms with E-state index in [1.165, 1.54) is 83.5 Å².